The zero-order valence-corrected chi connectivity index (χ0v) is 19.1. The zero-order chi connectivity index (χ0) is 23.4. The topological polar surface area (TPSA) is 50.7 Å². The molecule has 0 unspecified atom stereocenters. The van der Waals surface area contributed by atoms with Crippen LogP contribution < -0.4 is 0 Å². The summed E-state index contributed by atoms with van der Waals surface area (Å²) >= 11 is 0. The molecule has 0 atom stereocenters. The van der Waals surface area contributed by atoms with Gasteiger partial charge in [0.25, 0.3) is 5.91 Å². The minimum absolute atomic E-state index is 0.0873. The molecule has 0 aliphatic carbocycles. The fourth-order valence-electron chi connectivity index (χ4n) is 4.80. The van der Waals surface area contributed by atoms with E-state index in [1.54, 1.807) is 0 Å². The fourth-order valence-corrected chi connectivity index (χ4v) is 4.80. The molecular weight excluding hydrogens is 424 g/mol. The third-order valence-electron chi connectivity index (χ3n) is 6.90. The van der Waals surface area contributed by atoms with Crippen molar-refractivity contribution in [1.82, 2.24) is 23.9 Å². The highest BCUT2D eigenvalue weighted by Gasteiger charge is 2.33. The van der Waals surface area contributed by atoms with Gasteiger partial charge >= 0.3 is 0 Å². The van der Waals surface area contributed by atoms with Gasteiger partial charge < -0.3 is 14.4 Å². The summed E-state index contributed by atoms with van der Waals surface area (Å²) in [4.78, 5) is 25.3. The molecule has 0 saturated carbocycles. The van der Waals surface area contributed by atoms with Gasteiger partial charge in [0.05, 0.1) is 18.0 Å². The van der Waals surface area contributed by atoms with Crippen LogP contribution in [0.15, 0.2) is 67.1 Å². The molecule has 2 aromatic heterocycles. The van der Waals surface area contributed by atoms with Gasteiger partial charge in [-0.1, -0.05) is 24.3 Å². The quantitative estimate of drug-likeness (QED) is 0.387. The Bertz CT molecular complexity index is 1450. The van der Waals surface area contributed by atoms with E-state index < -0.39 is 0 Å². The van der Waals surface area contributed by atoms with Crippen LogP contribution in [0, 0.1) is 6.57 Å². The number of rotatable bonds is 3. The molecular formula is C27H24N6O. The Morgan fingerprint density at radius 1 is 1.09 bits per heavy atom. The third kappa shape index (κ3) is 3.23. The van der Waals surface area contributed by atoms with Crippen molar-refractivity contribution >= 4 is 11.6 Å². The highest BCUT2D eigenvalue weighted by Crippen LogP contribution is 2.35. The van der Waals surface area contributed by atoms with Crippen LogP contribution in [0.3, 0.4) is 0 Å². The summed E-state index contributed by atoms with van der Waals surface area (Å²) in [5, 5.41) is 0. The molecule has 4 aromatic rings. The van der Waals surface area contributed by atoms with Crippen LogP contribution in [0.25, 0.3) is 33.2 Å². The molecule has 2 aliphatic rings. The smallest absolute Gasteiger partial charge is 0.253 e. The summed E-state index contributed by atoms with van der Waals surface area (Å²) in [5.74, 6) is 0.961. The second-order valence-corrected chi connectivity index (χ2v) is 9.19. The molecule has 6 rings (SSSR count). The number of hydrogen-bond acceptors (Lipinski definition) is 3. The summed E-state index contributed by atoms with van der Waals surface area (Å²) in [7, 11) is 4.11. The molecule has 7 heteroatoms. The average Bonchev–Trinajstić information content (AvgIpc) is 3.43. The van der Waals surface area contributed by atoms with Crippen molar-refractivity contribution < 1.29 is 4.79 Å². The van der Waals surface area contributed by atoms with Crippen LogP contribution >= 0.6 is 0 Å². The number of amides is 1. The van der Waals surface area contributed by atoms with Gasteiger partial charge in [-0.2, -0.15) is 0 Å². The number of nitrogens with zero attached hydrogens (tertiary/aromatic N) is 6. The van der Waals surface area contributed by atoms with Gasteiger partial charge in [-0.05, 0) is 49.5 Å². The Morgan fingerprint density at radius 2 is 1.88 bits per heavy atom. The summed E-state index contributed by atoms with van der Waals surface area (Å²) in [6.07, 6.45) is 5.91. The number of carbonyl (C=O) groups is 1. The van der Waals surface area contributed by atoms with E-state index in [4.69, 9.17) is 6.57 Å². The van der Waals surface area contributed by atoms with E-state index in [0.717, 1.165) is 52.5 Å². The first-order valence-electron chi connectivity index (χ1n) is 11.3. The summed E-state index contributed by atoms with van der Waals surface area (Å²) in [5.41, 5.74) is 6.64. The van der Waals surface area contributed by atoms with Crippen molar-refractivity contribution in [3.8, 4) is 28.3 Å². The molecule has 0 spiro atoms. The molecule has 0 N–H and O–H groups in total. The first-order valence-corrected chi connectivity index (χ1v) is 11.3. The Labute approximate surface area is 198 Å². The highest BCUT2D eigenvalue weighted by molar-refractivity contribution is 5.95. The summed E-state index contributed by atoms with van der Waals surface area (Å²) in [6.45, 7) is 9.37. The third-order valence-corrected chi connectivity index (χ3v) is 6.90. The molecule has 168 valence electrons. The second-order valence-electron chi connectivity index (χ2n) is 9.19. The van der Waals surface area contributed by atoms with E-state index in [1.807, 2.05) is 59.8 Å². The molecule has 34 heavy (non-hydrogen) atoms. The van der Waals surface area contributed by atoms with Crippen LogP contribution in [0.4, 0.5) is 5.69 Å². The Hall–Kier alpha value is -4.15. The number of hydrogen-bond donors (Lipinski definition) is 0. The van der Waals surface area contributed by atoms with Crippen molar-refractivity contribution in [1.29, 1.82) is 0 Å². The molecule has 2 aliphatic heterocycles. The van der Waals surface area contributed by atoms with Crippen molar-refractivity contribution in [2.75, 3.05) is 27.2 Å². The number of likely N-dealkylation sites (N-methyl/N-ethyl adjacent to an activating group) is 1. The number of benzene rings is 2. The van der Waals surface area contributed by atoms with E-state index in [0.29, 0.717) is 18.3 Å². The zero-order valence-electron chi connectivity index (χ0n) is 19.1. The molecule has 1 amide bonds. The average molecular weight is 449 g/mol. The molecule has 0 bridgehead atoms. The van der Waals surface area contributed by atoms with Crippen LogP contribution in [0.2, 0.25) is 0 Å². The number of imidazole rings is 1. The molecule has 1 saturated heterocycles. The number of carbonyl (C=O) groups excluding carboxylic acids is 1. The lowest BCUT2D eigenvalue weighted by Crippen LogP contribution is -2.59. The lowest BCUT2D eigenvalue weighted by atomic mass is 10.0. The predicted octanol–water partition coefficient (Wildman–Crippen LogP) is 4.31. The maximum absolute atomic E-state index is 13.1. The molecule has 2 aromatic carbocycles. The Morgan fingerprint density at radius 3 is 2.62 bits per heavy atom. The second kappa shape index (κ2) is 7.72. The van der Waals surface area contributed by atoms with Crippen molar-refractivity contribution in [3.63, 3.8) is 0 Å². The molecule has 4 heterocycles. The van der Waals surface area contributed by atoms with Gasteiger partial charge in [0.1, 0.15) is 0 Å². The molecule has 7 nitrogen and oxygen atoms in total. The van der Waals surface area contributed by atoms with E-state index in [2.05, 4.69) is 50.2 Å². The first kappa shape index (κ1) is 20.5. The predicted molar refractivity (Wildman–Crippen MR) is 131 cm³/mol. The number of fused-ring (bicyclic) bond motifs is 5. The van der Waals surface area contributed by atoms with E-state index in [-0.39, 0.29) is 5.91 Å². The number of likely N-dealkylation sites (tertiary alicyclic amines) is 1. The SMILES string of the molecule is [C-]#[N+]c1ccc(-c2cc3n(c2)Cc2cc(C(=O)N4CC(N(C)C)C4)ccc2-n2ccnc2-3)cc1. The van der Waals surface area contributed by atoms with E-state index >= 15 is 0 Å². The van der Waals surface area contributed by atoms with E-state index in [9.17, 15) is 4.79 Å². The first-order chi connectivity index (χ1) is 16.5. The highest BCUT2D eigenvalue weighted by atomic mass is 16.2. The fraction of sp³-hybridized carbons (Fsp3) is 0.222. The van der Waals surface area contributed by atoms with Gasteiger partial charge in [-0.25, -0.2) is 9.83 Å². The summed E-state index contributed by atoms with van der Waals surface area (Å²) < 4.78 is 4.29. The maximum Gasteiger partial charge on any atom is 0.253 e. The van der Waals surface area contributed by atoms with Crippen LogP contribution in [-0.4, -0.2) is 63.1 Å². The minimum Gasteiger partial charge on any atom is -0.340 e. The van der Waals surface area contributed by atoms with Crippen LogP contribution in [-0.2, 0) is 6.54 Å². The largest absolute Gasteiger partial charge is 0.340 e. The van der Waals surface area contributed by atoms with Crippen LogP contribution in [0.1, 0.15) is 15.9 Å². The van der Waals surface area contributed by atoms with Crippen molar-refractivity contribution in [3.05, 3.63) is 89.7 Å². The van der Waals surface area contributed by atoms with Crippen molar-refractivity contribution in [2.45, 2.75) is 12.6 Å². The standard InChI is InChI=1S/C27H24N6O/c1-28-22-7-4-18(5-8-22)20-13-25-26-29-10-11-33(26)24-9-6-19(12-21(24)15-31(25)14-20)27(34)32-16-23(17-32)30(2)3/h4-14,23H,15-17H2,2-3H3. The Kier molecular flexibility index (Phi) is 4.64. The monoisotopic (exact) mass is 448 g/mol. The minimum atomic E-state index is 0.0873. The summed E-state index contributed by atoms with van der Waals surface area (Å²) in [6, 6.07) is 16.2. The normalized spacial score (nSPS) is 14.6. The maximum atomic E-state index is 13.1. The Balaban J connectivity index is 1.37. The van der Waals surface area contributed by atoms with Crippen LogP contribution in [0.5, 0.6) is 0 Å². The molecule has 1 fully saturated rings. The van der Waals surface area contributed by atoms with Crippen molar-refractivity contribution in [2.24, 2.45) is 0 Å². The van der Waals surface area contributed by atoms with E-state index in [1.165, 1.54) is 0 Å². The van der Waals surface area contributed by atoms with Gasteiger partial charge in [-0.15, -0.1) is 0 Å². The van der Waals surface area contributed by atoms with Gasteiger partial charge in [0.15, 0.2) is 11.5 Å². The molecule has 0 radical (unpaired) electrons. The van der Waals surface area contributed by atoms with Gasteiger partial charge in [-0.3, -0.25) is 9.36 Å². The van der Waals surface area contributed by atoms with Gasteiger partial charge in [0, 0.05) is 55.4 Å². The lowest BCUT2D eigenvalue weighted by Gasteiger charge is -2.42. The lowest BCUT2D eigenvalue weighted by molar-refractivity contribution is 0.0399. The van der Waals surface area contributed by atoms with Gasteiger partial charge in [0.2, 0.25) is 0 Å². The number of aromatic nitrogens is 3.